The fourth-order valence-corrected chi connectivity index (χ4v) is 2.36. The van der Waals surface area contributed by atoms with E-state index in [-0.39, 0.29) is 17.5 Å². The molecule has 0 spiro atoms. The molecule has 19 heavy (non-hydrogen) atoms. The molecular weight excluding hydrogens is 246 g/mol. The Kier molecular flexibility index (Phi) is 4.11. The highest BCUT2D eigenvalue weighted by atomic mass is 16.3. The van der Waals surface area contributed by atoms with E-state index in [9.17, 15) is 9.59 Å². The second kappa shape index (κ2) is 5.79. The molecule has 0 radical (unpaired) electrons. The molecule has 6 heteroatoms. The van der Waals surface area contributed by atoms with Gasteiger partial charge in [-0.3, -0.25) is 9.59 Å². The minimum Gasteiger partial charge on any atom is -0.387 e. The van der Waals surface area contributed by atoms with Crippen LogP contribution in [0.3, 0.4) is 0 Å². The van der Waals surface area contributed by atoms with Gasteiger partial charge in [0.25, 0.3) is 5.91 Å². The van der Waals surface area contributed by atoms with Gasteiger partial charge in [0.15, 0.2) is 0 Å². The Morgan fingerprint density at radius 3 is 2.95 bits per heavy atom. The summed E-state index contributed by atoms with van der Waals surface area (Å²) in [6, 6.07) is 5.16. The number of piperidine rings is 1. The lowest BCUT2D eigenvalue weighted by atomic mass is 9.94. The summed E-state index contributed by atoms with van der Waals surface area (Å²) in [6.07, 6.45) is 1.77. The van der Waals surface area contributed by atoms with Gasteiger partial charge < -0.3 is 15.7 Å². The Balaban J connectivity index is 2.15. The predicted octanol–water partition coefficient (Wildman–Crippen LogP) is -0.121. The zero-order valence-electron chi connectivity index (χ0n) is 10.6. The second-order valence-corrected chi connectivity index (χ2v) is 4.65. The molecule has 1 aromatic heterocycles. The number of amides is 2. The number of nitrogens with zero attached hydrogens (tertiary/aromatic N) is 2. The number of carbonyl (C=O) groups is 2. The van der Waals surface area contributed by atoms with Crippen molar-refractivity contribution in [3.05, 3.63) is 29.6 Å². The molecule has 1 fully saturated rings. The molecule has 1 atom stereocenters. The van der Waals surface area contributed by atoms with Gasteiger partial charge in [0.2, 0.25) is 5.91 Å². The number of pyridine rings is 1. The van der Waals surface area contributed by atoms with E-state index in [1.54, 1.807) is 17.0 Å². The third kappa shape index (κ3) is 3.08. The quantitative estimate of drug-likeness (QED) is 0.794. The number of likely N-dealkylation sites (tertiary alicyclic amines) is 1. The van der Waals surface area contributed by atoms with Crippen molar-refractivity contribution in [1.29, 1.82) is 0 Å². The van der Waals surface area contributed by atoms with Gasteiger partial charge in [-0.15, -0.1) is 0 Å². The minimum atomic E-state index is -0.555. The van der Waals surface area contributed by atoms with E-state index in [0.29, 0.717) is 13.1 Å². The van der Waals surface area contributed by atoms with Crippen LogP contribution < -0.4 is 5.73 Å². The number of hydrogen-bond acceptors (Lipinski definition) is 4. The summed E-state index contributed by atoms with van der Waals surface area (Å²) >= 11 is 0. The first-order valence-corrected chi connectivity index (χ1v) is 6.27. The molecule has 6 nitrogen and oxygen atoms in total. The van der Waals surface area contributed by atoms with Crippen molar-refractivity contribution in [2.24, 2.45) is 5.73 Å². The number of rotatable bonds is 3. The zero-order valence-corrected chi connectivity index (χ0v) is 10.6. The molecule has 1 saturated heterocycles. The lowest BCUT2D eigenvalue weighted by molar-refractivity contribution is -0.135. The van der Waals surface area contributed by atoms with Crippen molar-refractivity contribution < 1.29 is 14.7 Å². The molecule has 3 N–H and O–H groups in total. The molecule has 1 aromatic rings. The number of primary amides is 1. The minimum absolute atomic E-state index is 0.0866. The summed E-state index contributed by atoms with van der Waals surface area (Å²) in [7, 11) is 0. The SMILES string of the molecule is NC(=O)c1cccc(C2CCCN(C(=O)CO)C2)n1. The molecule has 0 aromatic carbocycles. The molecule has 2 rings (SSSR count). The van der Waals surface area contributed by atoms with E-state index in [2.05, 4.69) is 4.98 Å². The molecule has 102 valence electrons. The predicted molar refractivity (Wildman–Crippen MR) is 68.4 cm³/mol. The fourth-order valence-electron chi connectivity index (χ4n) is 2.36. The van der Waals surface area contributed by atoms with Crippen molar-refractivity contribution in [2.75, 3.05) is 19.7 Å². The monoisotopic (exact) mass is 263 g/mol. The molecule has 1 aliphatic heterocycles. The molecule has 1 aliphatic rings. The second-order valence-electron chi connectivity index (χ2n) is 4.65. The lowest BCUT2D eigenvalue weighted by Crippen LogP contribution is -2.40. The van der Waals surface area contributed by atoms with Gasteiger partial charge in [-0.25, -0.2) is 4.98 Å². The summed E-state index contributed by atoms with van der Waals surface area (Å²) in [5.74, 6) is -0.736. The number of aliphatic hydroxyl groups is 1. The number of nitrogens with two attached hydrogens (primary N) is 1. The summed E-state index contributed by atoms with van der Waals surface area (Å²) in [6.45, 7) is 0.710. The van der Waals surface area contributed by atoms with Crippen molar-refractivity contribution in [3.63, 3.8) is 0 Å². The molecule has 0 saturated carbocycles. The van der Waals surface area contributed by atoms with Crippen LogP contribution in [0.15, 0.2) is 18.2 Å². The topological polar surface area (TPSA) is 96.5 Å². The first-order valence-electron chi connectivity index (χ1n) is 6.27. The van der Waals surface area contributed by atoms with Crippen LogP contribution in [0.2, 0.25) is 0 Å². The Hall–Kier alpha value is -1.95. The Morgan fingerprint density at radius 2 is 2.26 bits per heavy atom. The highest BCUT2D eigenvalue weighted by molar-refractivity contribution is 5.90. The van der Waals surface area contributed by atoms with Crippen LogP contribution in [0.25, 0.3) is 0 Å². The van der Waals surface area contributed by atoms with E-state index >= 15 is 0 Å². The van der Waals surface area contributed by atoms with Crippen LogP contribution in [0.5, 0.6) is 0 Å². The normalized spacial score (nSPS) is 19.2. The van der Waals surface area contributed by atoms with Gasteiger partial charge in [-0.2, -0.15) is 0 Å². The maximum absolute atomic E-state index is 11.5. The Morgan fingerprint density at radius 1 is 1.47 bits per heavy atom. The molecule has 2 amide bonds. The fraction of sp³-hybridized carbons (Fsp3) is 0.462. The summed E-state index contributed by atoms with van der Waals surface area (Å²) < 4.78 is 0. The third-order valence-corrected chi connectivity index (χ3v) is 3.35. The van der Waals surface area contributed by atoms with Crippen LogP contribution >= 0.6 is 0 Å². The highest BCUT2D eigenvalue weighted by Crippen LogP contribution is 2.25. The van der Waals surface area contributed by atoms with E-state index in [1.165, 1.54) is 0 Å². The summed E-state index contributed by atoms with van der Waals surface area (Å²) in [5, 5.41) is 8.89. The molecule has 0 aliphatic carbocycles. The largest absolute Gasteiger partial charge is 0.387 e. The van der Waals surface area contributed by atoms with Crippen LogP contribution in [0, 0.1) is 0 Å². The van der Waals surface area contributed by atoms with Gasteiger partial charge in [-0.05, 0) is 25.0 Å². The number of hydrogen-bond donors (Lipinski definition) is 2. The maximum Gasteiger partial charge on any atom is 0.267 e. The van der Waals surface area contributed by atoms with Crippen molar-refractivity contribution in [3.8, 4) is 0 Å². The summed E-state index contributed by atoms with van der Waals surface area (Å²) in [5.41, 5.74) is 6.22. The van der Waals surface area contributed by atoms with Crippen molar-refractivity contribution >= 4 is 11.8 Å². The molecule has 0 bridgehead atoms. The maximum atomic E-state index is 11.5. The van der Waals surface area contributed by atoms with Crippen molar-refractivity contribution in [1.82, 2.24) is 9.88 Å². The zero-order chi connectivity index (χ0) is 13.8. The van der Waals surface area contributed by atoms with Gasteiger partial charge in [0.05, 0.1) is 0 Å². The number of aromatic nitrogens is 1. The van der Waals surface area contributed by atoms with Gasteiger partial charge in [-0.1, -0.05) is 6.07 Å². The molecule has 2 heterocycles. The average molecular weight is 263 g/mol. The van der Waals surface area contributed by atoms with Gasteiger partial charge >= 0.3 is 0 Å². The first-order chi connectivity index (χ1) is 9.11. The van der Waals surface area contributed by atoms with E-state index < -0.39 is 12.5 Å². The van der Waals surface area contributed by atoms with Crippen molar-refractivity contribution in [2.45, 2.75) is 18.8 Å². The first kappa shape index (κ1) is 13.5. The number of carbonyl (C=O) groups excluding carboxylic acids is 2. The lowest BCUT2D eigenvalue weighted by Gasteiger charge is -2.32. The smallest absolute Gasteiger partial charge is 0.267 e. The van der Waals surface area contributed by atoms with E-state index in [4.69, 9.17) is 10.8 Å². The van der Waals surface area contributed by atoms with Crippen LogP contribution in [-0.2, 0) is 4.79 Å². The molecular formula is C13H17N3O3. The summed E-state index contributed by atoms with van der Waals surface area (Å²) in [4.78, 5) is 28.5. The van der Waals surface area contributed by atoms with Crippen LogP contribution in [0.4, 0.5) is 0 Å². The Labute approximate surface area is 111 Å². The van der Waals surface area contributed by atoms with Gasteiger partial charge in [0.1, 0.15) is 12.3 Å². The van der Waals surface area contributed by atoms with E-state index in [1.807, 2.05) is 6.07 Å². The van der Waals surface area contributed by atoms with E-state index in [0.717, 1.165) is 18.5 Å². The van der Waals surface area contributed by atoms with Crippen LogP contribution in [-0.4, -0.2) is 46.5 Å². The number of aliphatic hydroxyl groups excluding tert-OH is 1. The Bertz CT molecular complexity index is 490. The van der Waals surface area contributed by atoms with Crippen LogP contribution in [0.1, 0.15) is 34.9 Å². The average Bonchev–Trinajstić information content (AvgIpc) is 2.46. The standard InChI is InChI=1S/C13H17N3O3/c14-13(19)11-5-1-4-10(15-11)9-3-2-6-16(7-9)12(18)8-17/h1,4-5,9,17H,2-3,6-8H2,(H2,14,19). The van der Waals surface area contributed by atoms with Gasteiger partial charge in [0, 0.05) is 24.7 Å². The molecule has 1 unspecified atom stereocenters. The third-order valence-electron chi connectivity index (χ3n) is 3.35. The highest BCUT2D eigenvalue weighted by Gasteiger charge is 2.25.